The maximum atomic E-state index is 9.49. The van der Waals surface area contributed by atoms with Gasteiger partial charge in [0.25, 0.3) is 0 Å². The summed E-state index contributed by atoms with van der Waals surface area (Å²) in [5, 5.41) is 9.49. The maximum Gasteiger partial charge on any atom is 0.0835 e. The van der Waals surface area contributed by atoms with E-state index >= 15 is 0 Å². The highest BCUT2D eigenvalue weighted by Crippen LogP contribution is 2.40. The van der Waals surface area contributed by atoms with E-state index in [0.29, 0.717) is 12.0 Å². The molecule has 2 N–H and O–H groups in total. The molecule has 2 aromatic carbocycles. The molecule has 3 rings (SSSR count). The van der Waals surface area contributed by atoms with Crippen LogP contribution < -0.4 is 10.4 Å². The number of hydrogen-bond donors (Lipinski definition) is 2. The van der Waals surface area contributed by atoms with Crippen LogP contribution in [0.2, 0.25) is 0 Å². The van der Waals surface area contributed by atoms with Gasteiger partial charge in [-0.1, -0.05) is 50.2 Å². The lowest BCUT2D eigenvalue weighted by Crippen LogP contribution is -2.23. The quantitative estimate of drug-likeness (QED) is 0.783. The van der Waals surface area contributed by atoms with Gasteiger partial charge in [-0.2, -0.15) is 0 Å². The molecule has 1 heterocycles. The summed E-state index contributed by atoms with van der Waals surface area (Å²) in [6.45, 7) is 5.42. The lowest BCUT2D eigenvalue weighted by molar-refractivity contribution is 0.389. The second kappa shape index (κ2) is 6.41. The molecule has 1 unspecified atom stereocenters. The number of nitrogens with one attached hydrogen (secondary N) is 1. The molecule has 1 atom stereocenters. The minimum absolute atomic E-state index is 0.385. The van der Waals surface area contributed by atoms with Crippen molar-refractivity contribution < 1.29 is 5.21 Å². The van der Waals surface area contributed by atoms with E-state index in [4.69, 9.17) is 0 Å². The molecule has 116 valence electrons. The van der Waals surface area contributed by atoms with Gasteiger partial charge in [-0.25, -0.2) is 0 Å². The normalized spacial score (nSPS) is 18.0. The fourth-order valence-electron chi connectivity index (χ4n) is 3.32. The molecule has 0 spiro atoms. The molecule has 0 aromatic heterocycles. The minimum atomic E-state index is 0.385. The Morgan fingerprint density at radius 2 is 1.91 bits per heavy atom. The first-order chi connectivity index (χ1) is 10.7. The van der Waals surface area contributed by atoms with Crippen molar-refractivity contribution in [3.05, 3.63) is 59.7 Å². The second-order valence-electron chi connectivity index (χ2n) is 6.31. The zero-order valence-corrected chi connectivity index (χ0v) is 13.3. The molecular weight excluding hydrogens is 272 g/mol. The van der Waals surface area contributed by atoms with Crippen LogP contribution in [0.15, 0.2) is 48.5 Å². The molecule has 1 aliphatic heterocycles. The second-order valence-corrected chi connectivity index (χ2v) is 6.31. The van der Waals surface area contributed by atoms with Gasteiger partial charge in [0.2, 0.25) is 0 Å². The number of hydrogen-bond acceptors (Lipinski definition) is 3. The summed E-state index contributed by atoms with van der Waals surface area (Å²) in [4.78, 5) is 2.42. The van der Waals surface area contributed by atoms with Crippen molar-refractivity contribution in [2.24, 2.45) is 0 Å². The SMILES string of the molecule is CC(C)c1ccc(NO)c(N2CCCC2c2ccccc2)c1. The smallest absolute Gasteiger partial charge is 0.0835 e. The van der Waals surface area contributed by atoms with E-state index in [2.05, 4.69) is 66.7 Å². The topological polar surface area (TPSA) is 35.5 Å². The van der Waals surface area contributed by atoms with Gasteiger partial charge in [0, 0.05) is 6.54 Å². The predicted molar refractivity (Wildman–Crippen MR) is 91.7 cm³/mol. The van der Waals surface area contributed by atoms with Crippen LogP contribution in [0.25, 0.3) is 0 Å². The third-order valence-electron chi connectivity index (χ3n) is 4.56. The number of nitrogens with zero attached hydrogens (tertiary/aromatic N) is 1. The van der Waals surface area contributed by atoms with Crippen molar-refractivity contribution in [1.29, 1.82) is 0 Å². The lowest BCUT2D eigenvalue weighted by atomic mass is 10.00. The van der Waals surface area contributed by atoms with Gasteiger partial charge >= 0.3 is 0 Å². The van der Waals surface area contributed by atoms with Gasteiger partial charge in [-0.15, -0.1) is 0 Å². The highest BCUT2D eigenvalue weighted by molar-refractivity contribution is 5.71. The number of benzene rings is 2. The Morgan fingerprint density at radius 1 is 1.14 bits per heavy atom. The molecule has 0 aliphatic carbocycles. The summed E-state index contributed by atoms with van der Waals surface area (Å²) in [5.41, 5.74) is 6.90. The Balaban J connectivity index is 2.00. The van der Waals surface area contributed by atoms with Gasteiger partial charge in [0.15, 0.2) is 0 Å². The molecular formula is C19H24N2O. The molecule has 0 amide bonds. The standard InChI is InChI=1S/C19H24N2O/c1-14(2)16-10-11-17(20-22)19(13-16)21-12-6-9-18(21)15-7-4-3-5-8-15/h3-5,7-8,10-11,13-14,18,20,22H,6,9,12H2,1-2H3. The summed E-state index contributed by atoms with van der Waals surface area (Å²) < 4.78 is 0. The fraction of sp³-hybridized carbons (Fsp3) is 0.368. The molecule has 0 radical (unpaired) electrons. The summed E-state index contributed by atoms with van der Waals surface area (Å²) in [6.07, 6.45) is 2.33. The highest BCUT2D eigenvalue weighted by Gasteiger charge is 2.28. The molecule has 3 heteroatoms. The van der Waals surface area contributed by atoms with Crippen LogP contribution >= 0.6 is 0 Å². The van der Waals surface area contributed by atoms with Gasteiger partial charge in [0.05, 0.1) is 17.4 Å². The van der Waals surface area contributed by atoms with Crippen molar-refractivity contribution >= 4 is 11.4 Å². The van der Waals surface area contributed by atoms with E-state index in [9.17, 15) is 5.21 Å². The Hall–Kier alpha value is -2.00. The van der Waals surface area contributed by atoms with E-state index in [-0.39, 0.29) is 0 Å². The largest absolute Gasteiger partial charge is 0.363 e. The zero-order valence-electron chi connectivity index (χ0n) is 13.3. The van der Waals surface area contributed by atoms with Crippen LogP contribution in [0.3, 0.4) is 0 Å². The molecule has 22 heavy (non-hydrogen) atoms. The van der Waals surface area contributed by atoms with Crippen molar-refractivity contribution in [3.8, 4) is 0 Å². The molecule has 0 bridgehead atoms. The van der Waals surface area contributed by atoms with Crippen LogP contribution in [0.4, 0.5) is 11.4 Å². The first-order valence-corrected chi connectivity index (χ1v) is 8.06. The molecule has 3 nitrogen and oxygen atoms in total. The first-order valence-electron chi connectivity index (χ1n) is 8.06. The first kappa shape index (κ1) is 14.9. The molecule has 2 aromatic rings. The molecule has 1 saturated heterocycles. The Labute approximate surface area is 132 Å². The van der Waals surface area contributed by atoms with Crippen molar-refractivity contribution in [3.63, 3.8) is 0 Å². The van der Waals surface area contributed by atoms with Crippen LogP contribution in [-0.2, 0) is 0 Å². The fourth-order valence-corrected chi connectivity index (χ4v) is 3.32. The van der Waals surface area contributed by atoms with Gasteiger partial charge < -0.3 is 4.90 Å². The van der Waals surface area contributed by atoms with Gasteiger partial charge in [-0.3, -0.25) is 10.7 Å². The van der Waals surface area contributed by atoms with Crippen LogP contribution in [0, 0.1) is 0 Å². The third kappa shape index (κ3) is 2.81. The summed E-state index contributed by atoms with van der Waals surface area (Å²) in [5.74, 6) is 0.476. The molecule has 0 saturated carbocycles. The van der Waals surface area contributed by atoms with Crippen LogP contribution in [0.1, 0.15) is 49.8 Å². The average Bonchev–Trinajstić information content (AvgIpc) is 3.04. The van der Waals surface area contributed by atoms with E-state index < -0.39 is 0 Å². The van der Waals surface area contributed by atoms with Crippen LogP contribution in [-0.4, -0.2) is 11.8 Å². The molecule has 1 fully saturated rings. The maximum absolute atomic E-state index is 9.49. The zero-order chi connectivity index (χ0) is 15.5. The minimum Gasteiger partial charge on any atom is -0.363 e. The monoisotopic (exact) mass is 296 g/mol. The third-order valence-corrected chi connectivity index (χ3v) is 4.56. The van der Waals surface area contributed by atoms with Crippen molar-refractivity contribution in [2.45, 2.75) is 38.6 Å². The van der Waals surface area contributed by atoms with E-state index in [1.54, 1.807) is 0 Å². The number of rotatable bonds is 4. The van der Waals surface area contributed by atoms with Crippen molar-refractivity contribution in [1.82, 2.24) is 0 Å². The molecule has 1 aliphatic rings. The van der Waals surface area contributed by atoms with Gasteiger partial charge in [0.1, 0.15) is 0 Å². The van der Waals surface area contributed by atoms with Gasteiger partial charge in [-0.05, 0) is 42.0 Å². The average molecular weight is 296 g/mol. The van der Waals surface area contributed by atoms with Crippen LogP contribution in [0.5, 0.6) is 0 Å². The Kier molecular flexibility index (Phi) is 4.34. The Bertz CT molecular complexity index is 625. The van der Waals surface area contributed by atoms with E-state index in [1.165, 1.54) is 17.5 Å². The highest BCUT2D eigenvalue weighted by atomic mass is 16.5. The van der Waals surface area contributed by atoms with Crippen molar-refractivity contribution in [2.75, 3.05) is 16.9 Å². The predicted octanol–water partition coefficient (Wildman–Crippen LogP) is 4.95. The van der Waals surface area contributed by atoms with E-state index in [0.717, 1.165) is 24.3 Å². The lowest BCUT2D eigenvalue weighted by Gasteiger charge is -2.29. The van der Waals surface area contributed by atoms with E-state index in [1.807, 2.05) is 6.07 Å². The Morgan fingerprint density at radius 3 is 2.59 bits per heavy atom. The summed E-state index contributed by atoms with van der Waals surface area (Å²) in [7, 11) is 0. The number of anilines is 2. The summed E-state index contributed by atoms with van der Waals surface area (Å²) >= 11 is 0. The summed E-state index contributed by atoms with van der Waals surface area (Å²) in [6, 6.07) is 17.3.